The van der Waals surface area contributed by atoms with E-state index in [1.165, 1.54) is 22.0 Å². The molecule has 0 fully saturated rings. The lowest BCUT2D eigenvalue weighted by molar-refractivity contribution is -0.385. The summed E-state index contributed by atoms with van der Waals surface area (Å²) in [6.45, 7) is 9.28. The highest BCUT2D eigenvalue weighted by molar-refractivity contribution is 7.07. The molecule has 1 aliphatic rings. The van der Waals surface area contributed by atoms with E-state index >= 15 is 0 Å². The Bertz CT molecular complexity index is 1910. The van der Waals surface area contributed by atoms with Gasteiger partial charge in [-0.15, -0.1) is 0 Å². The van der Waals surface area contributed by atoms with Gasteiger partial charge in [-0.05, 0) is 50.6 Å². The number of rotatable bonds is 9. The van der Waals surface area contributed by atoms with Gasteiger partial charge in [0.05, 0.1) is 33.4 Å². The lowest BCUT2D eigenvalue weighted by Gasteiger charge is -2.24. The molecule has 1 atom stereocenters. The molecule has 0 amide bonds. The molecule has 0 spiro atoms. The molecule has 1 aliphatic heterocycles. The van der Waals surface area contributed by atoms with Crippen molar-refractivity contribution in [1.82, 2.24) is 4.57 Å². The largest absolute Gasteiger partial charge is 0.490 e. The summed E-state index contributed by atoms with van der Waals surface area (Å²) in [6, 6.07) is 14.6. The summed E-state index contributed by atoms with van der Waals surface area (Å²) in [6.07, 6.45) is 3.24. The highest BCUT2D eigenvalue weighted by Gasteiger charge is 2.33. The zero-order valence-electron chi connectivity index (χ0n) is 23.2. The number of benzene rings is 2. The van der Waals surface area contributed by atoms with Crippen LogP contribution >= 0.6 is 11.3 Å². The van der Waals surface area contributed by atoms with Crippen LogP contribution in [0.2, 0.25) is 0 Å². The van der Waals surface area contributed by atoms with Crippen molar-refractivity contribution in [2.75, 3.05) is 13.2 Å². The van der Waals surface area contributed by atoms with Crippen LogP contribution in [0.3, 0.4) is 0 Å². The molecule has 2 aromatic heterocycles. The van der Waals surface area contributed by atoms with E-state index in [0.717, 1.165) is 0 Å². The lowest BCUT2D eigenvalue weighted by atomic mass is 9.96. The van der Waals surface area contributed by atoms with E-state index in [1.807, 2.05) is 0 Å². The fourth-order valence-electron chi connectivity index (χ4n) is 4.68. The number of hydrogen-bond acceptors (Lipinski definition) is 9. The van der Waals surface area contributed by atoms with Gasteiger partial charge in [0.25, 0.3) is 11.2 Å². The summed E-state index contributed by atoms with van der Waals surface area (Å²) in [7, 11) is 0. The van der Waals surface area contributed by atoms with Crippen LogP contribution in [0.25, 0.3) is 17.4 Å². The Hall–Kier alpha value is -5.03. The Labute approximate surface area is 244 Å². The molecule has 0 saturated carbocycles. The normalized spacial score (nSPS) is 14.7. The Balaban J connectivity index is 1.59. The van der Waals surface area contributed by atoms with Crippen molar-refractivity contribution in [3.63, 3.8) is 0 Å². The van der Waals surface area contributed by atoms with Crippen LogP contribution in [-0.2, 0) is 9.53 Å². The maximum Gasteiger partial charge on any atom is 0.338 e. The second-order valence-corrected chi connectivity index (χ2v) is 10.4. The first kappa shape index (κ1) is 28.5. The number of allylic oxidation sites excluding steroid dienone is 1. The van der Waals surface area contributed by atoms with E-state index < -0.39 is 16.9 Å². The highest BCUT2D eigenvalue weighted by atomic mass is 32.1. The van der Waals surface area contributed by atoms with E-state index in [1.54, 1.807) is 81.5 Å². The second-order valence-electron chi connectivity index (χ2n) is 9.43. The third-order valence-corrected chi connectivity index (χ3v) is 7.65. The first-order chi connectivity index (χ1) is 20.2. The van der Waals surface area contributed by atoms with Crippen molar-refractivity contribution in [2.24, 2.45) is 4.99 Å². The number of fused-ring (bicyclic) bond motifs is 1. The number of aromatic nitrogens is 1. The van der Waals surface area contributed by atoms with E-state index in [-0.39, 0.29) is 23.4 Å². The van der Waals surface area contributed by atoms with Crippen molar-refractivity contribution in [2.45, 2.75) is 26.8 Å². The number of nitro benzene ring substituents is 1. The summed E-state index contributed by atoms with van der Waals surface area (Å²) in [4.78, 5) is 42.9. The minimum atomic E-state index is -0.767. The molecule has 11 heteroatoms. The van der Waals surface area contributed by atoms with Crippen LogP contribution in [0.1, 0.15) is 36.8 Å². The van der Waals surface area contributed by atoms with Gasteiger partial charge in [-0.25, -0.2) is 9.79 Å². The minimum absolute atomic E-state index is 0.00756. The van der Waals surface area contributed by atoms with Gasteiger partial charge in [-0.3, -0.25) is 19.5 Å². The number of esters is 1. The lowest BCUT2D eigenvalue weighted by Crippen LogP contribution is -2.39. The molecule has 3 heterocycles. The Morgan fingerprint density at radius 1 is 1.19 bits per heavy atom. The molecule has 42 heavy (non-hydrogen) atoms. The molecule has 0 radical (unpaired) electrons. The van der Waals surface area contributed by atoms with Gasteiger partial charge in [-0.1, -0.05) is 48.3 Å². The second kappa shape index (κ2) is 11.8. The van der Waals surface area contributed by atoms with Gasteiger partial charge in [-0.2, -0.15) is 0 Å². The monoisotopic (exact) mass is 585 g/mol. The zero-order chi connectivity index (χ0) is 30.0. The molecule has 214 valence electrons. The molecule has 0 N–H and O–H groups in total. The molecule has 0 unspecified atom stereocenters. The first-order valence-electron chi connectivity index (χ1n) is 13.1. The van der Waals surface area contributed by atoms with Crippen LogP contribution in [0.5, 0.6) is 5.75 Å². The van der Waals surface area contributed by atoms with Crippen LogP contribution in [-0.4, -0.2) is 28.7 Å². The number of thiazole rings is 1. The number of hydrogen-bond donors (Lipinski definition) is 0. The summed E-state index contributed by atoms with van der Waals surface area (Å²) in [5, 5.41) is 11.4. The first-order valence-corrected chi connectivity index (χ1v) is 13.9. The molecule has 0 saturated heterocycles. The summed E-state index contributed by atoms with van der Waals surface area (Å²) in [5.41, 5.74) is 2.15. The van der Waals surface area contributed by atoms with Gasteiger partial charge in [0.15, 0.2) is 4.80 Å². The SMILES string of the molecule is C=CCOc1ccc([C@H]2C(C(=O)OCC)=C(C)N=c3s/c(=C\c4ccc(-c5ccc(C)c([N+](=O)[O-])c5)o4)c(=O)n32)cc1. The van der Waals surface area contributed by atoms with Crippen molar-refractivity contribution in [3.05, 3.63) is 125 Å². The summed E-state index contributed by atoms with van der Waals surface area (Å²) >= 11 is 1.17. The Kier molecular flexibility index (Phi) is 8.03. The Morgan fingerprint density at radius 3 is 2.64 bits per heavy atom. The van der Waals surface area contributed by atoms with E-state index in [9.17, 15) is 19.7 Å². The van der Waals surface area contributed by atoms with Crippen molar-refractivity contribution < 1.29 is 23.6 Å². The predicted molar refractivity (Wildman–Crippen MR) is 158 cm³/mol. The van der Waals surface area contributed by atoms with E-state index in [2.05, 4.69) is 11.6 Å². The molecule has 0 aliphatic carbocycles. The van der Waals surface area contributed by atoms with Crippen LogP contribution in [0.15, 0.2) is 92.7 Å². The molecule has 10 nitrogen and oxygen atoms in total. The average molecular weight is 586 g/mol. The van der Waals surface area contributed by atoms with Gasteiger partial charge in [0.2, 0.25) is 0 Å². The zero-order valence-corrected chi connectivity index (χ0v) is 24.0. The number of nitro groups is 1. The van der Waals surface area contributed by atoms with Gasteiger partial charge >= 0.3 is 5.97 Å². The number of carbonyl (C=O) groups excluding carboxylic acids is 1. The molecular weight excluding hydrogens is 558 g/mol. The van der Waals surface area contributed by atoms with E-state index in [0.29, 0.717) is 55.6 Å². The maximum atomic E-state index is 13.8. The van der Waals surface area contributed by atoms with Gasteiger partial charge < -0.3 is 13.9 Å². The number of nitrogens with zero attached hydrogens (tertiary/aromatic N) is 3. The predicted octanol–water partition coefficient (Wildman–Crippen LogP) is 4.84. The molecule has 0 bridgehead atoms. The van der Waals surface area contributed by atoms with Crippen molar-refractivity contribution in [3.8, 4) is 17.1 Å². The maximum absolute atomic E-state index is 13.8. The third kappa shape index (κ3) is 5.46. The van der Waals surface area contributed by atoms with Crippen LogP contribution in [0.4, 0.5) is 5.69 Å². The van der Waals surface area contributed by atoms with Crippen molar-refractivity contribution in [1.29, 1.82) is 0 Å². The highest BCUT2D eigenvalue weighted by Crippen LogP contribution is 2.32. The van der Waals surface area contributed by atoms with Crippen molar-refractivity contribution >= 4 is 29.1 Å². The minimum Gasteiger partial charge on any atom is -0.490 e. The fourth-order valence-corrected chi connectivity index (χ4v) is 5.71. The van der Waals surface area contributed by atoms with E-state index in [4.69, 9.17) is 13.9 Å². The fraction of sp³-hybridized carbons (Fsp3) is 0.194. The molecule has 2 aromatic carbocycles. The summed E-state index contributed by atoms with van der Waals surface area (Å²) < 4.78 is 18.7. The third-order valence-electron chi connectivity index (χ3n) is 6.67. The van der Waals surface area contributed by atoms with Crippen LogP contribution in [0, 0.1) is 17.0 Å². The van der Waals surface area contributed by atoms with Gasteiger partial charge in [0, 0.05) is 23.3 Å². The number of ether oxygens (including phenoxy) is 2. The molecular formula is C31H27N3O7S. The standard InChI is InChI=1S/C31H27N3O7S/c1-5-15-40-22-11-9-20(10-12-22)28-27(30(36)39-6-2)19(4)32-31-33(28)29(35)26(42-31)17-23-13-14-25(41-23)21-8-7-18(3)24(16-21)34(37)38/h5,7-14,16-17,28H,1,6,15H2,2-4H3/b26-17-/t28-/m0/s1. The van der Waals surface area contributed by atoms with Gasteiger partial charge in [0.1, 0.15) is 23.9 Å². The summed E-state index contributed by atoms with van der Waals surface area (Å²) in [5.74, 6) is 0.888. The molecule has 5 rings (SSSR count). The number of furan rings is 1. The topological polar surface area (TPSA) is 126 Å². The smallest absolute Gasteiger partial charge is 0.338 e. The molecule has 4 aromatic rings. The van der Waals surface area contributed by atoms with Crippen LogP contribution < -0.4 is 19.6 Å². The Morgan fingerprint density at radius 2 is 1.95 bits per heavy atom. The number of carbonyl (C=O) groups is 1. The average Bonchev–Trinajstić information content (AvgIpc) is 3.55. The quantitative estimate of drug-likeness (QED) is 0.119. The number of aryl methyl sites for hydroxylation is 1.